The molecular formula is C15H9Cl2FO2. The molecule has 2 aromatic rings. The van der Waals surface area contributed by atoms with Gasteiger partial charge in [0.1, 0.15) is 5.82 Å². The molecular weight excluding hydrogens is 302 g/mol. The molecule has 0 aliphatic carbocycles. The van der Waals surface area contributed by atoms with Crippen LogP contribution in [0, 0.1) is 5.82 Å². The smallest absolute Gasteiger partial charge is 0.328 e. The number of carbonyl (C=O) groups is 1. The second-order valence-electron chi connectivity index (χ2n) is 4.01. The Balaban J connectivity index is 2.53. The van der Waals surface area contributed by atoms with Crippen molar-refractivity contribution in [1.29, 1.82) is 0 Å². The van der Waals surface area contributed by atoms with Crippen LogP contribution in [0.3, 0.4) is 0 Å². The van der Waals surface area contributed by atoms with Gasteiger partial charge in [-0.05, 0) is 29.8 Å². The largest absolute Gasteiger partial charge is 0.478 e. The van der Waals surface area contributed by atoms with E-state index in [0.29, 0.717) is 16.1 Å². The molecule has 2 rings (SSSR count). The molecule has 0 saturated heterocycles. The van der Waals surface area contributed by atoms with Crippen LogP contribution in [0.4, 0.5) is 4.39 Å². The Bertz CT molecular complexity index is 696. The molecule has 0 heterocycles. The van der Waals surface area contributed by atoms with Crippen LogP contribution in [0.1, 0.15) is 5.56 Å². The van der Waals surface area contributed by atoms with Crippen molar-refractivity contribution in [3.8, 4) is 11.1 Å². The molecule has 0 unspecified atom stereocenters. The molecule has 0 aliphatic heterocycles. The highest BCUT2D eigenvalue weighted by Gasteiger charge is 2.11. The Morgan fingerprint density at radius 2 is 1.90 bits per heavy atom. The van der Waals surface area contributed by atoms with E-state index in [-0.39, 0.29) is 10.6 Å². The molecule has 0 bridgehead atoms. The summed E-state index contributed by atoms with van der Waals surface area (Å²) in [5, 5.41) is 9.18. The number of carboxylic acids is 1. The zero-order valence-electron chi connectivity index (χ0n) is 10.1. The zero-order chi connectivity index (χ0) is 14.7. The number of halogens is 3. The fourth-order valence-electron chi connectivity index (χ4n) is 1.73. The molecule has 0 aromatic heterocycles. The lowest BCUT2D eigenvalue weighted by Gasteiger charge is -2.08. The average molecular weight is 311 g/mol. The maximum atomic E-state index is 13.9. The first kappa shape index (κ1) is 14.6. The van der Waals surface area contributed by atoms with Gasteiger partial charge >= 0.3 is 5.97 Å². The minimum atomic E-state index is -1.07. The number of benzene rings is 2. The predicted molar refractivity (Wildman–Crippen MR) is 78.5 cm³/mol. The van der Waals surface area contributed by atoms with E-state index in [1.165, 1.54) is 24.3 Å². The Kier molecular flexibility index (Phi) is 4.42. The van der Waals surface area contributed by atoms with Gasteiger partial charge in [-0.3, -0.25) is 0 Å². The molecule has 102 valence electrons. The third-order valence-corrected chi connectivity index (χ3v) is 3.47. The van der Waals surface area contributed by atoms with E-state index in [9.17, 15) is 9.18 Å². The van der Waals surface area contributed by atoms with Crippen LogP contribution >= 0.6 is 23.2 Å². The summed E-state index contributed by atoms with van der Waals surface area (Å²) in [6.45, 7) is 0. The van der Waals surface area contributed by atoms with Crippen LogP contribution < -0.4 is 0 Å². The van der Waals surface area contributed by atoms with Crippen molar-refractivity contribution < 1.29 is 14.3 Å². The van der Waals surface area contributed by atoms with Crippen LogP contribution in [0.5, 0.6) is 0 Å². The summed E-state index contributed by atoms with van der Waals surface area (Å²) in [7, 11) is 0. The third kappa shape index (κ3) is 3.18. The molecule has 2 aromatic carbocycles. The number of aliphatic carboxylic acids is 1. The molecule has 0 radical (unpaired) electrons. The van der Waals surface area contributed by atoms with Crippen molar-refractivity contribution in [1.82, 2.24) is 0 Å². The Morgan fingerprint density at radius 1 is 1.15 bits per heavy atom. The van der Waals surface area contributed by atoms with Crippen molar-refractivity contribution in [2.24, 2.45) is 0 Å². The lowest BCUT2D eigenvalue weighted by molar-refractivity contribution is -0.131. The molecule has 0 saturated carbocycles. The summed E-state index contributed by atoms with van der Waals surface area (Å²) in [5.74, 6) is -1.53. The van der Waals surface area contributed by atoms with Crippen molar-refractivity contribution in [2.45, 2.75) is 0 Å². The van der Waals surface area contributed by atoms with Gasteiger partial charge in [-0.15, -0.1) is 0 Å². The van der Waals surface area contributed by atoms with Gasteiger partial charge in [-0.1, -0.05) is 41.4 Å². The first-order valence-corrected chi connectivity index (χ1v) is 6.39. The zero-order valence-corrected chi connectivity index (χ0v) is 11.6. The second kappa shape index (κ2) is 6.07. The highest BCUT2D eigenvalue weighted by molar-refractivity contribution is 6.43. The Hall–Kier alpha value is -1.84. The summed E-state index contributed by atoms with van der Waals surface area (Å²) >= 11 is 12.0. The van der Waals surface area contributed by atoms with E-state index in [1.54, 1.807) is 18.2 Å². The van der Waals surface area contributed by atoms with Gasteiger partial charge in [0.25, 0.3) is 0 Å². The normalized spacial score (nSPS) is 10.9. The fourth-order valence-corrected chi connectivity index (χ4v) is 2.13. The lowest BCUT2D eigenvalue weighted by atomic mass is 10.0. The summed E-state index contributed by atoms with van der Waals surface area (Å²) < 4.78 is 13.9. The third-order valence-electron chi connectivity index (χ3n) is 2.65. The van der Waals surface area contributed by atoms with Crippen molar-refractivity contribution in [3.05, 3.63) is 63.9 Å². The number of carboxylic acid groups (broad SMARTS) is 1. The summed E-state index contributed by atoms with van der Waals surface area (Å²) in [5.41, 5.74) is 1.28. The van der Waals surface area contributed by atoms with E-state index in [2.05, 4.69) is 0 Å². The molecule has 2 nitrogen and oxygen atoms in total. The summed E-state index contributed by atoms with van der Waals surface area (Å²) in [6, 6.07) is 9.19. The standard InChI is InChI=1S/C15H9Cl2FO2/c16-12-3-1-2-10(15(12)17)11-8-9(4-6-13(11)18)5-7-14(19)20/h1-8H,(H,19,20)/b7-5+. The monoisotopic (exact) mass is 310 g/mol. The summed E-state index contributed by atoms with van der Waals surface area (Å²) in [4.78, 5) is 10.5. The van der Waals surface area contributed by atoms with Crippen molar-refractivity contribution in [3.63, 3.8) is 0 Å². The van der Waals surface area contributed by atoms with Crippen LogP contribution in [0.25, 0.3) is 17.2 Å². The minimum Gasteiger partial charge on any atom is -0.478 e. The molecule has 20 heavy (non-hydrogen) atoms. The van der Waals surface area contributed by atoms with Gasteiger partial charge in [0, 0.05) is 17.2 Å². The molecule has 0 aliphatic rings. The van der Waals surface area contributed by atoms with E-state index in [1.807, 2.05) is 0 Å². The molecule has 0 amide bonds. The maximum absolute atomic E-state index is 13.9. The van der Waals surface area contributed by atoms with Crippen LogP contribution in [-0.2, 0) is 4.79 Å². The number of hydrogen-bond donors (Lipinski definition) is 1. The van der Waals surface area contributed by atoms with Crippen molar-refractivity contribution >= 4 is 35.2 Å². The van der Waals surface area contributed by atoms with E-state index in [0.717, 1.165) is 6.08 Å². The topological polar surface area (TPSA) is 37.3 Å². The van der Waals surface area contributed by atoms with Gasteiger partial charge in [0.05, 0.1) is 10.0 Å². The van der Waals surface area contributed by atoms with Crippen LogP contribution in [0.2, 0.25) is 10.0 Å². The second-order valence-corrected chi connectivity index (χ2v) is 4.80. The molecule has 0 spiro atoms. The summed E-state index contributed by atoms with van der Waals surface area (Å²) in [6.07, 6.45) is 2.36. The Morgan fingerprint density at radius 3 is 2.60 bits per heavy atom. The van der Waals surface area contributed by atoms with Gasteiger partial charge in [-0.25, -0.2) is 9.18 Å². The van der Waals surface area contributed by atoms with Gasteiger partial charge in [0.15, 0.2) is 0 Å². The van der Waals surface area contributed by atoms with Crippen LogP contribution in [0.15, 0.2) is 42.5 Å². The maximum Gasteiger partial charge on any atom is 0.328 e. The predicted octanol–water partition coefficient (Wildman–Crippen LogP) is 4.90. The molecule has 0 atom stereocenters. The van der Waals surface area contributed by atoms with Gasteiger partial charge in [0.2, 0.25) is 0 Å². The highest BCUT2D eigenvalue weighted by Crippen LogP contribution is 2.35. The first-order chi connectivity index (χ1) is 9.49. The number of rotatable bonds is 3. The fraction of sp³-hybridized carbons (Fsp3) is 0. The first-order valence-electron chi connectivity index (χ1n) is 5.64. The van der Waals surface area contributed by atoms with Gasteiger partial charge < -0.3 is 5.11 Å². The minimum absolute atomic E-state index is 0.257. The van der Waals surface area contributed by atoms with Crippen LogP contribution in [-0.4, -0.2) is 11.1 Å². The van der Waals surface area contributed by atoms with E-state index >= 15 is 0 Å². The number of hydrogen-bond acceptors (Lipinski definition) is 1. The highest BCUT2D eigenvalue weighted by atomic mass is 35.5. The van der Waals surface area contributed by atoms with Gasteiger partial charge in [-0.2, -0.15) is 0 Å². The quantitative estimate of drug-likeness (QED) is 0.819. The van der Waals surface area contributed by atoms with E-state index in [4.69, 9.17) is 28.3 Å². The van der Waals surface area contributed by atoms with E-state index < -0.39 is 11.8 Å². The SMILES string of the molecule is O=C(O)/C=C/c1ccc(F)c(-c2cccc(Cl)c2Cl)c1. The van der Waals surface area contributed by atoms with Crippen molar-refractivity contribution in [2.75, 3.05) is 0 Å². The molecule has 0 fully saturated rings. The molecule has 1 N–H and O–H groups in total. The Labute approximate surface area is 125 Å². The average Bonchev–Trinajstić information content (AvgIpc) is 2.41. The molecule has 5 heteroatoms. The lowest BCUT2D eigenvalue weighted by Crippen LogP contribution is -1.89.